The predicted molar refractivity (Wildman–Crippen MR) is 154 cm³/mol. The minimum absolute atomic E-state index is 0. The second-order valence-electron chi connectivity index (χ2n) is 9.81. The molecule has 9 nitrogen and oxygen atoms in total. The third-order valence-corrected chi connectivity index (χ3v) is 9.71. The molecule has 5 N–H and O–H groups in total. The van der Waals surface area contributed by atoms with Crippen molar-refractivity contribution in [2.75, 3.05) is 17.6 Å². The summed E-state index contributed by atoms with van der Waals surface area (Å²) in [4.78, 5) is 20.6. The smallest absolute Gasteiger partial charge is 0.534 e. The van der Waals surface area contributed by atoms with Gasteiger partial charge in [-0.25, -0.2) is 24.1 Å². The molecule has 2 heterocycles. The van der Waals surface area contributed by atoms with Crippen LogP contribution in [0.25, 0.3) is 10.4 Å². The van der Waals surface area contributed by atoms with E-state index in [0.717, 1.165) is 11.3 Å². The van der Waals surface area contributed by atoms with Gasteiger partial charge < -0.3 is 26.1 Å². The van der Waals surface area contributed by atoms with E-state index in [0.29, 0.717) is 34.5 Å². The Morgan fingerprint density at radius 1 is 1.27 bits per heavy atom. The summed E-state index contributed by atoms with van der Waals surface area (Å²) in [5.74, 6) is -2.83. The molecular weight excluding hydrogens is 819 g/mol. The molecule has 0 aliphatic carbocycles. The number of piperidine rings is 1. The van der Waals surface area contributed by atoms with Crippen molar-refractivity contribution in [1.82, 2.24) is 4.31 Å². The van der Waals surface area contributed by atoms with Crippen LogP contribution in [0.1, 0.15) is 41.9 Å². The molecule has 0 radical (unpaired) electrons. The Labute approximate surface area is 271 Å². The van der Waals surface area contributed by atoms with Gasteiger partial charge in [0.05, 0.1) is 11.4 Å². The van der Waals surface area contributed by atoms with Gasteiger partial charge in [-0.05, 0) is 66.3 Å². The molecule has 1 fully saturated rings. The van der Waals surface area contributed by atoms with Crippen LogP contribution in [-0.2, 0) is 20.6 Å². The van der Waals surface area contributed by atoms with Crippen LogP contribution >= 0.6 is 22.9 Å². The zero-order valence-corrected chi connectivity index (χ0v) is 28.8. The van der Waals surface area contributed by atoms with Gasteiger partial charge in [-0.3, -0.25) is 11.7 Å². The van der Waals surface area contributed by atoms with Gasteiger partial charge in [-0.1, -0.05) is 28.8 Å². The number of rotatable bonds is 7. The van der Waals surface area contributed by atoms with Gasteiger partial charge >= 0.3 is 31.1 Å². The van der Waals surface area contributed by atoms with Crippen LogP contribution in [0.15, 0.2) is 42.5 Å². The molecule has 2 aromatic carbocycles. The molecule has 1 aliphatic heterocycles. The summed E-state index contributed by atoms with van der Waals surface area (Å²) >= 11 is 7.15. The normalized spacial score (nSPS) is 16.5. The minimum atomic E-state index is -3.61. The van der Waals surface area contributed by atoms with Crippen molar-refractivity contribution in [3.8, 4) is 10.4 Å². The van der Waals surface area contributed by atoms with Crippen LogP contribution < -0.4 is 11.1 Å². The maximum absolute atomic E-state index is 14.7. The van der Waals surface area contributed by atoms with Gasteiger partial charge in [0.15, 0.2) is 5.97 Å². The van der Waals surface area contributed by atoms with E-state index >= 15 is 0 Å². The molecule has 4 rings (SSSR count). The first-order valence-electron chi connectivity index (χ1n) is 12.0. The molecule has 14 heteroatoms. The van der Waals surface area contributed by atoms with Crippen molar-refractivity contribution >= 4 is 56.3 Å². The molecule has 0 spiro atoms. The zero-order valence-electron chi connectivity index (χ0n) is 22.3. The number of halogens is 2. The number of nitrogens with zero attached hydrogens (tertiary/aromatic N) is 1. The second kappa shape index (κ2) is 14.3. The third-order valence-electron chi connectivity index (χ3n) is 6.15. The summed E-state index contributed by atoms with van der Waals surface area (Å²) < 4.78 is 42.7. The Morgan fingerprint density at radius 2 is 1.93 bits per heavy atom. The van der Waals surface area contributed by atoms with E-state index < -0.39 is 33.3 Å². The molecule has 1 saturated heterocycles. The van der Waals surface area contributed by atoms with Gasteiger partial charge in [0, 0.05) is 23.8 Å². The summed E-state index contributed by atoms with van der Waals surface area (Å²) in [6, 6.07) is 13.7. The number of carbonyl (C=O) groups is 2. The summed E-state index contributed by atoms with van der Waals surface area (Å²) in [5, 5.41) is 19.9. The number of hydrogen-bond acceptors (Lipinski definition) is 7. The van der Waals surface area contributed by atoms with Crippen molar-refractivity contribution in [3.05, 3.63) is 76.7 Å². The first-order valence-corrected chi connectivity index (χ1v) is 14.8. The summed E-state index contributed by atoms with van der Waals surface area (Å²) in [6.45, 7) is 6.56. The Balaban J connectivity index is 0.00000110. The SMILES string of the molecule is CC1(C)CC(Nc2cc(-c3sc(C(=O)O)[c-]c3Cl)ccc2F)CCN1S(=O)(=O)Cc1cccc(N)c1.[CH2-]C(=O)O.[U+2]. The predicted octanol–water partition coefficient (Wildman–Crippen LogP) is 5.38. The number of nitrogens with two attached hydrogens (primary N) is 1. The number of nitrogen functional groups attached to an aromatic ring is 1. The van der Waals surface area contributed by atoms with Crippen LogP contribution in [0, 0.1) is 49.9 Å². The van der Waals surface area contributed by atoms with Gasteiger partial charge in [0.2, 0.25) is 16.0 Å². The maximum Gasteiger partial charge on any atom is 2.00 e. The largest absolute Gasteiger partial charge is 2.00 e. The Kier molecular flexibility index (Phi) is 12.2. The number of aliphatic carboxylic acids is 1. The Morgan fingerprint density at radius 3 is 2.49 bits per heavy atom. The standard InChI is InChI=1S/C25H26ClFN3O4S2.C2H3O2.U/c1-25(2)13-18(8-9-30(25)36(33,34)14-15-4-3-5-17(28)10-15)29-21-11-16(6-7-20(21)27)23-19(26)12-22(35-23)24(31)32;1-2(3)4;/h3-7,10-11,18,29H,8-9,13-14,28H2,1-2H3,(H,31,32);1H2,(H,3,4);/q2*-1;+2. The number of anilines is 2. The van der Waals surface area contributed by atoms with Gasteiger partial charge in [0.1, 0.15) is 5.82 Å². The summed E-state index contributed by atoms with van der Waals surface area (Å²) in [7, 11) is -3.61. The van der Waals surface area contributed by atoms with Crippen LogP contribution in [0.3, 0.4) is 0 Å². The van der Waals surface area contributed by atoms with E-state index in [-0.39, 0.29) is 65.0 Å². The number of benzene rings is 2. The third kappa shape index (κ3) is 9.36. The number of thiophene rings is 1. The quantitative estimate of drug-likeness (QED) is 0.183. The maximum atomic E-state index is 14.7. The molecule has 218 valence electrons. The Bertz CT molecular complexity index is 1510. The van der Waals surface area contributed by atoms with E-state index in [9.17, 15) is 22.7 Å². The molecule has 0 bridgehead atoms. The van der Waals surface area contributed by atoms with Gasteiger partial charge in [-0.2, -0.15) is 4.31 Å². The number of hydrogen-bond donors (Lipinski definition) is 4. The molecule has 1 aliphatic rings. The van der Waals surface area contributed by atoms with E-state index in [1.165, 1.54) is 16.4 Å². The number of aromatic carboxylic acids is 1. The number of carboxylic acid groups (broad SMARTS) is 2. The first-order chi connectivity index (χ1) is 18.6. The van der Waals surface area contributed by atoms with Crippen molar-refractivity contribution in [2.24, 2.45) is 0 Å². The first kappa shape index (κ1) is 34.9. The average Bonchev–Trinajstić information content (AvgIpc) is 3.21. The van der Waals surface area contributed by atoms with Gasteiger partial charge in [0.25, 0.3) is 0 Å². The van der Waals surface area contributed by atoms with Crippen molar-refractivity contribution in [2.45, 2.75) is 44.0 Å². The number of sulfonamides is 1. The average molecular weight is 848 g/mol. The monoisotopic (exact) mass is 847 g/mol. The van der Waals surface area contributed by atoms with Crippen LogP contribution in [0.4, 0.5) is 15.8 Å². The fourth-order valence-corrected chi connectivity index (χ4v) is 7.77. The zero-order chi connectivity index (χ0) is 29.8. The van der Waals surface area contributed by atoms with Crippen LogP contribution in [0.2, 0.25) is 5.02 Å². The summed E-state index contributed by atoms with van der Waals surface area (Å²) in [6.07, 6.45) is 0.948. The fraction of sp³-hybridized carbons (Fsp3) is 0.296. The van der Waals surface area contributed by atoms with E-state index in [4.69, 9.17) is 27.2 Å². The van der Waals surface area contributed by atoms with Gasteiger partial charge in [-0.15, -0.1) is 17.7 Å². The van der Waals surface area contributed by atoms with E-state index in [1.807, 2.05) is 13.8 Å². The second-order valence-corrected chi connectivity index (χ2v) is 13.1. The van der Waals surface area contributed by atoms with Crippen molar-refractivity contribution < 1.29 is 63.7 Å². The molecule has 3 aromatic rings. The number of carboxylic acids is 2. The molecule has 1 unspecified atom stereocenters. The fourth-order valence-electron chi connectivity index (χ4n) is 4.60. The molecule has 0 saturated carbocycles. The van der Waals surface area contributed by atoms with E-state index in [1.54, 1.807) is 30.3 Å². The molecular formula is C27H29ClFN3O6S2U. The summed E-state index contributed by atoms with van der Waals surface area (Å²) in [5.41, 5.74) is 7.04. The van der Waals surface area contributed by atoms with Crippen LogP contribution in [0.5, 0.6) is 0 Å². The van der Waals surface area contributed by atoms with Crippen molar-refractivity contribution in [1.29, 1.82) is 0 Å². The molecule has 1 aromatic heterocycles. The molecule has 0 amide bonds. The molecule has 41 heavy (non-hydrogen) atoms. The molecule has 1 atom stereocenters. The van der Waals surface area contributed by atoms with E-state index in [2.05, 4.69) is 18.3 Å². The number of nitrogens with one attached hydrogen (secondary N) is 1. The topological polar surface area (TPSA) is 150 Å². The van der Waals surface area contributed by atoms with Crippen LogP contribution in [-0.4, -0.2) is 53.0 Å². The minimum Gasteiger partial charge on any atom is -0.534 e. The Hall–Kier alpha value is -2.27. The van der Waals surface area contributed by atoms with Crippen molar-refractivity contribution in [3.63, 3.8) is 0 Å².